The van der Waals surface area contributed by atoms with E-state index in [-0.39, 0.29) is 41.7 Å². The maximum absolute atomic E-state index is 13.1. The van der Waals surface area contributed by atoms with Crippen molar-refractivity contribution in [1.82, 2.24) is 19.5 Å². The monoisotopic (exact) mass is 668 g/mol. The van der Waals surface area contributed by atoms with Crippen LogP contribution in [0.15, 0.2) is 47.5 Å². The summed E-state index contributed by atoms with van der Waals surface area (Å²) in [6.07, 6.45) is 2.42. The summed E-state index contributed by atoms with van der Waals surface area (Å²) in [4.78, 5) is 38.3. The number of esters is 1. The van der Waals surface area contributed by atoms with Gasteiger partial charge in [0.2, 0.25) is 17.6 Å². The van der Waals surface area contributed by atoms with Crippen molar-refractivity contribution in [3.8, 4) is 17.4 Å². The molecular formula is C31H37N6O9P. The molecule has 1 saturated carbocycles. The second kappa shape index (κ2) is 13.5. The van der Waals surface area contributed by atoms with Crippen LogP contribution >= 0.6 is 8.17 Å². The van der Waals surface area contributed by atoms with E-state index in [1.54, 1.807) is 24.3 Å². The average molecular weight is 669 g/mol. The smallest absolute Gasteiger partial charge is 0.395 e. The van der Waals surface area contributed by atoms with E-state index in [2.05, 4.69) is 19.7 Å². The number of methoxy groups -OCH3 is 1. The lowest BCUT2D eigenvalue weighted by Gasteiger charge is -2.27. The highest BCUT2D eigenvalue weighted by Gasteiger charge is 2.54. The number of carbonyl (C=O) groups excluding carboxylic acids is 1. The molecule has 2 aromatic heterocycles. The molecule has 0 bridgehead atoms. The maximum Gasteiger partial charge on any atom is 0.395 e. The number of aromatic nitrogens is 4. The second-order valence-corrected chi connectivity index (χ2v) is 12.7. The van der Waals surface area contributed by atoms with Crippen LogP contribution in [0, 0.1) is 0 Å². The number of hydrogen-bond donors (Lipinski definition) is 3. The molecule has 6 rings (SSSR count). The van der Waals surface area contributed by atoms with Gasteiger partial charge in [0.15, 0.2) is 29.2 Å². The molecule has 47 heavy (non-hydrogen) atoms. The van der Waals surface area contributed by atoms with Crippen molar-refractivity contribution < 1.29 is 43.4 Å². The molecule has 2 fully saturated rings. The van der Waals surface area contributed by atoms with Crippen LogP contribution in [0.1, 0.15) is 52.2 Å². The third-order valence-corrected chi connectivity index (χ3v) is 9.34. The molecule has 2 unspecified atom stereocenters. The average Bonchev–Trinajstić information content (AvgIpc) is 3.57. The summed E-state index contributed by atoms with van der Waals surface area (Å²) in [6.45, 7) is 2.71. The minimum absolute atomic E-state index is 0.0708. The van der Waals surface area contributed by atoms with Crippen molar-refractivity contribution in [2.24, 2.45) is 4.74 Å². The Morgan fingerprint density at radius 2 is 2.00 bits per heavy atom. The van der Waals surface area contributed by atoms with Crippen LogP contribution in [0.4, 0.5) is 5.95 Å². The van der Waals surface area contributed by atoms with E-state index in [1.165, 1.54) is 31.9 Å². The molecule has 250 valence electrons. The van der Waals surface area contributed by atoms with Gasteiger partial charge in [-0.1, -0.05) is 41.5 Å². The van der Waals surface area contributed by atoms with E-state index < -0.39 is 44.2 Å². The molecule has 2 aromatic carbocycles. The molecule has 1 saturated heterocycles. The van der Waals surface area contributed by atoms with Gasteiger partial charge in [-0.05, 0) is 51.0 Å². The van der Waals surface area contributed by atoms with Crippen molar-refractivity contribution in [3.05, 3.63) is 42.7 Å². The summed E-state index contributed by atoms with van der Waals surface area (Å²) in [5.74, 6) is -0.147. The number of anilines is 1. The molecule has 2 aliphatic rings. The Morgan fingerprint density at radius 1 is 1.23 bits per heavy atom. The van der Waals surface area contributed by atoms with Crippen LogP contribution in [0.5, 0.6) is 17.4 Å². The van der Waals surface area contributed by atoms with Crippen LogP contribution in [0.3, 0.4) is 0 Å². The van der Waals surface area contributed by atoms with Gasteiger partial charge >= 0.3 is 14.1 Å². The topological polar surface area (TPSA) is 209 Å². The lowest BCUT2D eigenvalue weighted by atomic mass is 9.96. The van der Waals surface area contributed by atoms with E-state index in [0.29, 0.717) is 10.9 Å². The number of imidazole rings is 1. The number of hydrogen-bond acceptors (Lipinski definition) is 14. The maximum atomic E-state index is 13.1. The molecule has 6 atom stereocenters. The number of fused-ring (bicyclic) bond motifs is 2. The molecule has 3 heterocycles. The SMILES string of the molecule is COc1nc(N)nc2c1ncn2C1O[C@H](COc2ccc3ccccc3c2O[P+]([O-])=N[C@@H](C)C(=O)OC2CCCCC2)[C@@H](O)[C@@]1(C)O. The summed E-state index contributed by atoms with van der Waals surface area (Å²) in [6, 6.07) is 9.70. The first-order valence-electron chi connectivity index (χ1n) is 15.4. The number of aliphatic hydroxyl groups excluding tert-OH is 1. The lowest BCUT2D eigenvalue weighted by molar-refractivity contribution is -0.170. The van der Waals surface area contributed by atoms with E-state index in [4.69, 9.17) is 29.2 Å². The molecule has 0 spiro atoms. The Labute approximate surface area is 271 Å². The van der Waals surface area contributed by atoms with Gasteiger partial charge in [0.25, 0.3) is 0 Å². The number of nitrogen functional groups attached to an aromatic ring is 1. The van der Waals surface area contributed by atoms with Crippen LogP contribution < -0.4 is 24.6 Å². The van der Waals surface area contributed by atoms with Gasteiger partial charge in [-0.25, -0.2) is 9.78 Å². The molecule has 16 heteroatoms. The molecule has 4 N–H and O–H groups in total. The summed E-state index contributed by atoms with van der Waals surface area (Å²) >= 11 is 0. The normalized spacial score (nSPS) is 24.4. The van der Waals surface area contributed by atoms with Crippen LogP contribution in [0.25, 0.3) is 21.9 Å². The zero-order chi connectivity index (χ0) is 33.3. The Kier molecular flexibility index (Phi) is 9.44. The van der Waals surface area contributed by atoms with Crippen LogP contribution in [0.2, 0.25) is 0 Å². The molecule has 4 aromatic rings. The second-order valence-electron chi connectivity index (χ2n) is 11.9. The summed E-state index contributed by atoms with van der Waals surface area (Å²) in [5, 5.41) is 23.9. The number of rotatable bonds is 10. The highest BCUT2D eigenvalue weighted by molar-refractivity contribution is 7.34. The predicted molar refractivity (Wildman–Crippen MR) is 169 cm³/mol. The number of benzene rings is 2. The van der Waals surface area contributed by atoms with Crippen molar-refractivity contribution >= 4 is 42.0 Å². The number of aliphatic hydroxyl groups is 2. The minimum Gasteiger partial charge on any atom is -0.575 e. The van der Waals surface area contributed by atoms with Crippen molar-refractivity contribution in [2.75, 3.05) is 19.5 Å². The minimum atomic E-state index is -2.71. The number of nitrogens with zero attached hydrogens (tertiary/aromatic N) is 5. The standard InChI is InChI=1S/C31H37N6O9P/c1-17(28(39)44-19-10-5-4-6-11-19)36-47(41)46-24-20-12-8-7-9-18(20)13-14-21(24)43-15-22-25(38)31(2,40)29(45-22)37-16-33-23-26(37)34-30(32)35-27(23)42-3/h7-9,12-14,16-17,19,22,25,29,38,40H,4-6,10-11,15H2,1-3H3,(H2,32,34,35)/t17-,22+,25+,29?,31+/m0/s1. The van der Waals surface area contributed by atoms with Gasteiger partial charge in [-0.2, -0.15) is 9.97 Å². The highest BCUT2D eigenvalue weighted by Crippen LogP contribution is 2.43. The van der Waals surface area contributed by atoms with Crippen molar-refractivity contribution in [1.29, 1.82) is 0 Å². The first-order chi connectivity index (χ1) is 22.6. The first kappa shape index (κ1) is 32.8. The predicted octanol–water partition coefficient (Wildman–Crippen LogP) is 3.16. The zero-order valence-corrected chi connectivity index (χ0v) is 27.1. The first-order valence-corrected chi connectivity index (χ1v) is 16.5. The van der Waals surface area contributed by atoms with E-state index in [9.17, 15) is 19.9 Å². The molecular weight excluding hydrogens is 631 g/mol. The quantitative estimate of drug-likeness (QED) is 0.164. The summed E-state index contributed by atoms with van der Waals surface area (Å²) in [7, 11) is -1.29. The lowest BCUT2D eigenvalue weighted by Crippen LogP contribution is -2.44. The number of ether oxygens (including phenoxy) is 4. The fraction of sp³-hybridized carbons (Fsp3) is 0.484. The van der Waals surface area contributed by atoms with Crippen LogP contribution in [-0.4, -0.2) is 79.4 Å². The van der Waals surface area contributed by atoms with Gasteiger partial charge in [-0.3, -0.25) is 9.09 Å². The molecule has 0 radical (unpaired) electrons. The summed E-state index contributed by atoms with van der Waals surface area (Å²) < 4.78 is 34.3. The number of carbonyl (C=O) groups is 1. The van der Waals surface area contributed by atoms with E-state index in [0.717, 1.165) is 37.5 Å². The highest BCUT2D eigenvalue weighted by atomic mass is 31.1. The van der Waals surface area contributed by atoms with Gasteiger partial charge < -0.3 is 39.8 Å². The van der Waals surface area contributed by atoms with Gasteiger partial charge in [-0.15, -0.1) is 0 Å². The third-order valence-electron chi connectivity index (χ3n) is 8.47. The Balaban J connectivity index is 1.21. The fourth-order valence-electron chi connectivity index (χ4n) is 5.94. The van der Waals surface area contributed by atoms with Crippen molar-refractivity contribution in [3.63, 3.8) is 0 Å². The van der Waals surface area contributed by atoms with Gasteiger partial charge in [0.1, 0.15) is 30.5 Å². The van der Waals surface area contributed by atoms with Gasteiger partial charge in [0, 0.05) is 5.39 Å². The molecule has 0 amide bonds. The Hall–Kier alpha value is -4.14. The van der Waals surface area contributed by atoms with Crippen molar-refractivity contribution in [2.45, 2.75) is 82.1 Å². The van der Waals surface area contributed by atoms with E-state index in [1.807, 2.05) is 12.1 Å². The van der Waals surface area contributed by atoms with E-state index >= 15 is 0 Å². The molecule has 1 aliphatic heterocycles. The van der Waals surface area contributed by atoms with Crippen LogP contribution in [-0.2, 0) is 14.3 Å². The third kappa shape index (κ3) is 6.67. The Bertz CT molecular complexity index is 1790. The summed E-state index contributed by atoms with van der Waals surface area (Å²) in [5.41, 5.74) is 4.58. The molecule has 15 nitrogen and oxygen atoms in total. The molecule has 1 aliphatic carbocycles. The van der Waals surface area contributed by atoms with Gasteiger partial charge in [0.05, 0.1) is 13.4 Å². The largest absolute Gasteiger partial charge is 0.575 e. The Morgan fingerprint density at radius 3 is 2.77 bits per heavy atom. The number of nitrogens with two attached hydrogens (primary N) is 1. The zero-order valence-electron chi connectivity index (χ0n) is 26.2. The fourth-order valence-corrected chi connectivity index (χ4v) is 6.71.